The summed E-state index contributed by atoms with van der Waals surface area (Å²) in [6, 6.07) is 0. The highest BCUT2D eigenvalue weighted by atomic mass is 19.1. The molecule has 1 saturated heterocycles. The van der Waals surface area contributed by atoms with Crippen LogP contribution >= 0.6 is 0 Å². The average Bonchev–Trinajstić information content (AvgIpc) is 2.14. The molecule has 0 radical (unpaired) electrons. The molecule has 1 heterocycles. The number of alkyl halides is 1. The third-order valence-corrected chi connectivity index (χ3v) is 1.76. The summed E-state index contributed by atoms with van der Waals surface area (Å²) < 4.78 is 22.8. The Morgan fingerprint density at radius 1 is 1.70 bits per heavy atom. The number of hydrogen-bond donors (Lipinski definition) is 0. The molecule has 3 atom stereocenters. The molecule has 0 aromatic rings. The summed E-state index contributed by atoms with van der Waals surface area (Å²) in [4.78, 5) is 0. The minimum atomic E-state index is -0.805. The van der Waals surface area contributed by atoms with Crippen molar-refractivity contribution >= 4 is 0 Å². The van der Waals surface area contributed by atoms with Crippen LogP contribution in [0.5, 0.6) is 0 Å². The van der Waals surface area contributed by atoms with Gasteiger partial charge in [-0.1, -0.05) is 0 Å². The van der Waals surface area contributed by atoms with Crippen LogP contribution in [0.2, 0.25) is 0 Å². The van der Waals surface area contributed by atoms with Crippen molar-refractivity contribution < 1.29 is 13.9 Å². The van der Waals surface area contributed by atoms with Gasteiger partial charge in [-0.25, -0.2) is 4.39 Å². The molecule has 0 saturated carbocycles. The molecular formula is C7H13FO2. The maximum Gasteiger partial charge on any atom is 0.128 e. The highest BCUT2D eigenvalue weighted by molar-refractivity contribution is 4.78. The van der Waals surface area contributed by atoms with Crippen LogP contribution in [0.3, 0.4) is 0 Å². The van der Waals surface area contributed by atoms with Crippen molar-refractivity contribution in [3.05, 3.63) is 0 Å². The molecule has 1 unspecified atom stereocenters. The first-order valence-electron chi connectivity index (χ1n) is 3.52. The molecular weight excluding hydrogens is 135 g/mol. The lowest BCUT2D eigenvalue weighted by atomic mass is 10.2. The monoisotopic (exact) mass is 148 g/mol. The fourth-order valence-electron chi connectivity index (χ4n) is 1.18. The van der Waals surface area contributed by atoms with E-state index in [2.05, 4.69) is 0 Å². The van der Waals surface area contributed by atoms with Crippen LogP contribution in [-0.4, -0.2) is 32.1 Å². The lowest BCUT2D eigenvalue weighted by Gasteiger charge is -2.07. The summed E-state index contributed by atoms with van der Waals surface area (Å²) in [5.74, 6) is 0. The van der Waals surface area contributed by atoms with Gasteiger partial charge in [-0.3, -0.25) is 0 Å². The van der Waals surface area contributed by atoms with E-state index in [1.807, 2.05) is 0 Å². The van der Waals surface area contributed by atoms with Crippen molar-refractivity contribution in [3.8, 4) is 0 Å². The van der Waals surface area contributed by atoms with Crippen LogP contribution in [0.1, 0.15) is 13.3 Å². The van der Waals surface area contributed by atoms with Crippen molar-refractivity contribution in [2.75, 3.05) is 13.7 Å². The molecule has 1 aliphatic rings. The predicted octanol–water partition coefficient (Wildman–Crippen LogP) is 1.15. The molecule has 1 rings (SSSR count). The standard InChI is InChI=1S/C7H13FO2/c1-5-7(8)3-6(10-5)4-9-2/h5-7H,3-4H2,1-2H3/t5?,6-,7-/m0/s1. The van der Waals surface area contributed by atoms with E-state index < -0.39 is 6.17 Å². The molecule has 10 heavy (non-hydrogen) atoms. The molecule has 60 valence electrons. The fourth-order valence-corrected chi connectivity index (χ4v) is 1.18. The first-order chi connectivity index (χ1) is 4.74. The average molecular weight is 148 g/mol. The topological polar surface area (TPSA) is 18.5 Å². The second-order valence-electron chi connectivity index (χ2n) is 2.67. The SMILES string of the molecule is COC[C@@H]1C[C@H](F)C(C)O1. The van der Waals surface area contributed by atoms with Crippen LogP contribution in [0, 0.1) is 0 Å². The first kappa shape index (κ1) is 7.95. The summed E-state index contributed by atoms with van der Waals surface area (Å²) in [5, 5.41) is 0. The van der Waals surface area contributed by atoms with Crippen LogP contribution in [-0.2, 0) is 9.47 Å². The van der Waals surface area contributed by atoms with Gasteiger partial charge in [0.15, 0.2) is 0 Å². The number of ether oxygens (including phenoxy) is 2. The van der Waals surface area contributed by atoms with E-state index in [9.17, 15) is 4.39 Å². The number of halogens is 1. The van der Waals surface area contributed by atoms with Crippen LogP contribution in [0.15, 0.2) is 0 Å². The van der Waals surface area contributed by atoms with Crippen molar-refractivity contribution in [3.63, 3.8) is 0 Å². The summed E-state index contributed by atoms with van der Waals surface area (Å²) in [5.41, 5.74) is 0. The number of hydrogen-bond acceptors (Lipinski definition) is 2. The van der Waals surface area contributed by atoms with E-state index >= 15 is 0 Å². The largest absolute Gasteiger partial charge is 0.382 e. The number of rotatable bonds is 2. The Morgan fingerprint density at radius 3 is 2.80 bits per heavy atom. The van der Waals surface area contributed by atoms with Gasteiger partial charge in [0, 0.05) is 13.5 Å². The minimum Gasteiger partial charge on any atom is -0.382 e. The van der Waals surface area contributed by atoms with Gasteiger partial charge in [0.2, 0.25) is 0 Å². The second kappa shape index (κ2) is 3.30. The normalized spacial score (nSPS) is 40.5. The lowest BCUT2D eigenvalue weighted by Crippen LogP contribution is -2.14. The van der Waals surface area contributed by atoms with E-state index in [1.54, 1.807) is 14.0 Å². The Hall–Kier alpha value is -0.150. The zero-order chi connectivity index (χ0) is 7.56. The molecule has 0 aromatic carbocycles. The molecule has 0 bridgehead atoms. The molecule has 0 aromatic heterocycles. The molecule has 1 fully saturated rings. The van der Waals surface area contributed by atoms with Gasteiger partial charge in [0.1, 0.15) is 6.17 Å². The third kappa shape index (κ3) is 1.67. The second-order valence-corrected chi connectivity index (χ2v) is 2.67. The van der Waals surface area contributed by atoms with Crippen molar-refractivity contribution in [2.24, 2.45) is 0 Å². The Balaban J connectivity index is 2.27. The van der Waals surface area contributed by atoms with Gasteiger partial charge in [0.25, 0.3) is 0 Å². The maximum atomic E-state index is 12.7. The van der Waals surface area contributed by atoms with E-state index in [-0.39, 0.29) is 12.2 Å². The Kier molecular flexibility index (Phi) is 2.63. The molecule has 3 heteroatoms. The predicted molar refractivity (Wildman–Crippen MR) is 35.7 cm³/mol. The van der Waals surface area contributed by atoms with E-state index in [4.69, 9.17) is 9.47 Å². The third-order valence-electron chi connectivity index (χ3n) is 1.76. The summed E-state index contributed by atoms with van der Waals surface area (Å²) in [6.07, 6.45) is -0.607. The quantitative estimate of drug-likeness (QED) is 0.584. The van der Waals surface area contributed by atoms with Gasteiger partial charge < -0.3 is 9.47 Å². The smallest absolute Gasteiger partial charge is 0.128 e. The summed E-state index contributed by atoms with van der Waals surface area (Å²) in [7, 11) is 1.60. The molecule has 0 amide bonds. The number of methoxy groups -OCH3 is 1. The van der Waals surface area contributed by atoms with E-state index in [0.29, 0.717) is 13.0 Å². The van der Waals surface area contributed by atoms with Gasteiger partial charge in [-0.15, -0.1) is 0 Å². The van der Waals surface area contributed by atoms with Crippen molar-refractivity contribution in [1.82, 2.24) is 0 Å². The molecule has 2 nitrogen and oxygen atoms in total. The van der Waals surface area contributed by atoms with E-state index in [0.717, 1.165) is 0 Å². The van der Waals surface area contributed by atoms with Gasteiger partial charge in [-0.05, 0) is 6.92 Å². The zero-order valence-corrected chi connectivity index (χ0v) is 6.34. The zero-order valence-electron chi connectivity index (χ0n) is 6.34. The van der Waals surface area contributed by atoms with Crippen LogP contribution < -0.4 is 0 Å². The molecule has 0 spiro atoms. The Labute approximate surface area is 60.3 Å². The van der Waals surface area contributed by atoms with Gasteiger partial charge in [-0.2, -0.15) is 0 Å². The summed E-state index contributed by atoms with van der Waals surface area (Å²) >= 11 is 0. The molecule has 0 aliphatic carbocycles. The lowest BCUT2D eigenvalue weighted by molar-refractivity contribution is -0.00118. The first-order valence-corrected chi connectivity index (χ1v) is 3.52. The van der Waals surface area contributed by atoms with E-state index in [1.165, 1.54) is 0 Å². The highest BCUT2D eigenvalue weighted by Gasteiger charge is 2.31. The molecule has 1 aliphatic heterocycles. The molecule has 0 N–H and O–H groups in total. The van der Waals surface area contributed by atoms with Gasteiger partial charge in [0.05, 0.1) is 18.8 Å². The Morgan fingerprint density at radius 2 is 2.40 bits per heavy atom. The Bertz CT molecular complexity index is 97.8. The highest BCUT2D eigenvalue weighted by Crippen LogP contribution is 2.22. The fraction of sp³-hybridized carbons (Fsp3) is 1.00. The van der Waals surface area contributed by atoms with Crippen molar-refractivity contribution in [2.45, 2.75) is 31.7 Å². The maximum absolute atomic E-state index is 12.7. The minimum absolute atomic E-state index is 0.0324. The van der Waals surface area contributed by atoms with Crippen LogP contribution in [0.4, 0.5) is 4.39 Å². The van der Waals surface area contributed by atoms with Crippen LogP contribution in [0.25, 0.3) is 0 Å². The van der Waals surface area contributed by atoms with Gasteiger partial charge >= 0.3 is 0 Å². The summed E-state index contributed by atoms with van der Waals surface area (Å²) in [6.45, 7) is 2.26. The van der Waals surface area contributed by atoms with Crippen molar-refractivity contribution in [1.29, 1.82) is 0 Å².